The molecule has 8 heteroatoms. The SMILES string of the molecule is NC(=O)/C=C/C(=O)N1CC(Nc2cc(-c3ccncc3)c[nH]c2=O)C1. The van der Waals surface area contributed by atoms with Crippen LogP contribution in [-0.2, 0) is 9.59 Å². The molecule has 25 heavy (non-hydrogen) atoms. The lowest BCUT2D eigenvalue weighted by atomic mass is 10.1. The van der Waals surface area contributed by atoms with Crippen molar-refractivity contribution in [2.45, 2.75) is 6.04 Å². The Kier molecular flexibility index (Phi) is 4.60. The third kappa shape index (κ3) is 3.92. The number of amides is 2. The molecule has 2 aromatic heterocycles. The second-order valence-electron chi connectivity index (χ2n) is 5.69. The standard InChI is InChI=1S/C17H17N5O3/c18-15(23)1-2-16(24)22-9-13(10-22)21-14-7-12(8-20-17(14)25)11-3-5-19-6-4-11/h1-8,13,21H,9-10H2,(H2,18,23)(H,20,25)/b2-1+. The van der Waals surface area contributed by atoms with Gasteiger partial charge >= 0.3 is 0 Å². The van der Waals surface area contributed by atoms with E-state index in [2.05, 4.69) is 15.3 Å². The van der Waals surface area contributed by atoms with Crippen molar-refractivity contribution >= 4 is 17.5 Å². The summed E-state index contributed by atoms with van der Waals surface area (Å²) in [5.41, 5.74) is 6.98. The predicted molar refractivity (Wildman–Crippen MR) is 92.6 cm³/mol. The Bertz CT molecular complexity index is 869. The molecule has 0 atom stereocenters. The van der Waals surface area contributed by atoms with Crippen molar-refractivity contribution < 1.29 is 9.59 Å². The molecule has 8 nitrogen and oxygen atoms in total. The Morgan fingerprint density at radius 2 is 1.96 bits per heavy atom. The van der Waals surface area contributed by atoms with E-state index in [1.165, 1.54) is 0 Å². The molecule has 2 amide bonds. The number of nitrogens with two attached hydrogens (primary N) is 1. The van der Waals surface area contributed by atoms with Crippen LogP contribution in [0.2, 0.25) is 0 Å². The molecule has 0 bridgehead atoms. The van der Waals surface area contributed by atoms with Crippen LogP contribution >= 0.6 is 0 Å². The Labute approximate surface area is 143 Å². The van der Waals surface area contributed by atoms with Crippen molar-refractivity contribution in [3.63, 3.8) is 0 Å². The zero-order valence-corrected chi connectivity index (χ0v) is 13.3. The second-order valence-corrected chi connectivity index (χ2v) is 5.69. The smallest absolute Gasteiger partial charge is 0.271 e. The summed E-state index contributed by atoms with van der Waals surface area (Å²) in [5, 5.41) is 3.14. The first-order chi connectivity index (χ1) is 12.0. The van der Waals surface area contributed by atoms with Gasteiger partial charge in [-0.3, -0.25) is 19.4 Å². The first kappa shape index (κ1) is 16.4. The molecule has 2 aromatic rings. The fourth-order valence-corrected chi connectivity index (χ4v) is 2.53. The number of likely N-dealkylation sites (tertiary alicyclic amines) is 1. The number of carbonyl (C=O) groups is 2. The minimum atomic E-state index is -0.664. The highest BCUT2D eigenvalue weighted by Gasteiger charge is 2.29. The number of H-pyrrole nitrogens is 1. The number of aromatic nitrogens is 2. The Morgan fingerprint density at radius 3 is 2.64 bits per heavy atom. The molecule has 0 aliphatic carbocycles. The van der Waals surface area contributed by atoms with Gasteiger partial charge in [-0.1, -0.05) is 0 Å². The lowest BCUT2D eigenvalue weighted by Gasteiger charge is -2.39. The van der Waals surface area contributed by atoms with Crippen LogP contribution in [-0.4, -0.2) is 45.8 Å². The zero-order valence-electron chi connectivity index (χ0n) is 13.3. The monoisotopic (exact) mass is 339 g/mol. The minimum absolute atomic E-state index is 0.0280. The van der Waals surface area contributed by atoms with Gasteiger partial charge in [0.2, 0.25) is 11.8 Å². The molecule has 0 aromatic carbocycles. The van der Waals surface area contributed by atoms with E-state index in [0.29, 0.717) is 18.8 Å². The number of nitrogens with one attached hydrogen (secondary N) is 2. The van der Waals surface area contributed by atoms with Crippen LogP contribution in [0.15, 0.2) is 53.7 Å². The molecule has 3 heterocycles. The summed E-state index contributed by atoms with van der Waals surface area (Å²) in [6, 6.07) is 5.45. The Balaban J connectivity index is 1.64. The van der Waals surface area contributed by atoms with E-state index in [4.69, 9.17) is 5.73 Å². The van der Waals surface area contributed by atoms with Crippen molar-refractivity contribution in [3.8, 4) is 11.1 Å². The fourth-order valence-electron chi connectivity index (χ4n) is 2.53. The van der Waals surface area contributed by atoms with Gasteiger partial charge in [0.25, 0.3) is 5.56 Å². The fraction of sp³-hybridized carbons (Fsp3) is 0.176. The molecule has 0 radical (unpaired) electrons. The van der Waals surface area contributed by atoms with Crippen LogP contribution in [0, 0.1) is 0 Å². The number of aromatic amines is 1. The van der Waals surface area contributed by atoms with Crippen LogP contribution in [0.5, 0.6) is 0 Å². The second kappa shape index (κ2) is 7.00. The van der Waals surface area contributed by atoms with E-state index in [1.807, 2.05) is 12.1 Å². The molecular formula is C17H17N5O3. The van der Waals surface area contributed by atoms with Crippen molar-refractivity contribution in [1.82, 2.24) is 14.9 Å². The van der Waals surface area contributed by atoms with E-state index in [1.54, 1.807) is 29.6 Å². The molecule has 0 saturated carbocycles. The largest absolute Gasteiger partial charge is 0.374 e. The number of pyridine rings is 2. The van der Waals surface area contributed by atoms with Crippen molar-refractivity contribution in [1.29, 1.82) is 0 Å². The molecule has 0 unspecified atom stereocenters. The van der Waals surface area contributed by atoms with Gasteiger partial charge < -0.3 is 20.9 Å². The maximum Gasteiger partial charge on any atom is 0.271 e. The first-order valence-corrected chi connectivity index (χ1v) is 7.69. The predicted octanol–water partition coefficient (Wildman–Crippen LogP) is 0.101. The van der Waals surface area contributed by atoms with E-state index >= 15 is 0 Å². The van der Waals surface area contributed by atoms with E-state index in [-0.39, 0.29) is 17.5 Å². The molecule has 3 rings (SSSR count). The third-order valence-electron chi connectivity index (χ3n) is 3.86. The minimum Gasteiger partial charge on any atom is -0.374 e. The van der Waals surface area contributed by atoms with Gasteiger partial charge in [-0.2, -0.15) is 0 Å². The number of hydrogen-bond acceptors (Lipinski definition) is 5. The van der Waals surface area contributed by atoms with Crippen LogP contribution in [0.1, 0.15) is 0 Å². The number of nitrogens with zero attached hydrogens (tertiary/aromatic N) is 2. The molecule has 128 valence electrons. The van der Waals surface area contributed by atoms with Gasteiger partial charge in [0.05, 0.1) is 6.04 Å². The average molecular weight is 339 g/mol. The van der Waals surface area contributed by atoms with Crippen LogP contribution in [0.4, 0.5) is 5.69 Å². The topological polar surface area (TPSA) is 121 Å². The number of carbonyl (C=O) groups excluding carboxylic acids is 2. The molecule has 1 saturated heterocycles. The summed E-state index contributed by atoms with van der Waals surface area (Å²) in [7, 11) is 0. The quantitative estimate of drug-likeness (QED) is 0.667. The highest BCUT2D eigenvalue weighted by molar-refractivity contribution is 5.96. The van der Waals surface area contributed by atoms with Crippen molar-refractivity contribution in [2.75, 3.05) is 18.4 Å². The molecule has 1 aliphatic heterocycles. The van der Waals surface area contributed by atoms with Crippen molar-refractivity contribution in [2.24, 2.45) is 5.73 Å². The maximum absolute atomic E-state index is 12.0. The van der Waals surface area contributed by atoms with Gasteiger partial charge in [0.1, 0.15) is 5.69 Å². The van der Waals surface area contributed by atoms with Gasteiger partial charge in [-0.05, 0) is 23.8 Å². The molecule has 0 spiro atoms. The summed E-state index contributed by atoms with van der Waals surface area (Å²) in [6.07, 6.45) is 7.20. The lowest BCUT2D eigenvalue weighted by Crippen LogP contribution is -2.57. The zero-order chi connectivity index (χ0) is 17.8. The van der Waals surface area contributed by atoms with Crippen LogP contribution in [0.25, 0.3) is 11.1 Å². The highest BCUT2D eigenvalue weighted by Crippen LogP contribution is 2.20. The third-order valence-corrected chi connectivity index (χ3v) is 3.86. The maximum atomic E-state index is 12.0. The van der Waals surface area contributed by atoms with Gasteiger partial charge in [0, 0.05) is 49.4 Å². The summed E-state index contributed by atoms with van der Waals surface area (Å²) in [5.74, 6) is -0.945. The highest BCUT2D eigenvalue weighted by atomic mass is 16.2. The average Bonchev–Trinajstić information content (AvgIpc) is 2.57. The molecule has 1 fully saturated rings. The first-order valence-electron chi connectivity index (χ1n) is 7.69. The number of rotatable bonds is 5. The van der Waals surface area contributed by atoms with Gasteiger partial charge in [-0.25, -0.2) is 0 Å². The van der Waals surface area contributed by atoms with Crippen LogP contribution < -0.4 is 16.6 Å². The summed E-state index contributed by atoms with van der Waals surface area (Å²) >= 11 is 0. The molecular weight excluding hydrogens is 322 g/mol. The number of primary amides is 1. The van der Waals surface area contributed by atoms with E-state index in [0.717, 1.165) is 23.3 Å². The van der Waals surface area contributed by atoms with E-state index in [9.17, 15) is 14.4 Å². The summed E-state index contributed by atoms with van der Waals surface area (Å²) < 4.78 is 0. The normalized spacial score (nSPS) is 14.3. The molecule has 4 N–H and O–H groups in total. The lowest BCUT2D eigenvalue weighted by molar-refractivity contribution is -0.130. The number of anilines is 1. The Morgan fingerprint density at radius 1 is 1.24 bits per heavy atom. The van der Waals surface area contributed by atoms with E-state index < -0.39 is 5.91 Å². The van der Waals surface area contributed by atoms with Crippen LogP contribution in [0.3, 0.4) is 0 Å². The summed E-state index contributed by atoms with van der Waals surface area (Å²) in [4.78, 5) is 42.6. The van der Waals surface area contributed by atoms with Crippen molar-refractivity contribution in [3.05, 3.63) is 59.3 Å². The van der Waals surface area contributed by atoms with Gasteiger partial charge in [-0.15, -0.1) is 0 Å². The number of hydrogen-bond donors (Lipinski definition) is 3. The van der Waals surface area contributed by atoms with Gasteiger partial charge in [0.15, 0.2) is 0 Å². The summed E-state index contributed by atoms with van der Waals surface area (Å²) in [6.45, 7) is 0.891. The molecule has 1 aliphatic rings. The Hall–Kier alpha value is -3.42.